The average Bonchev–Trinajstić information content (AvgIpc) is 2.63. The predicted octanol–water partition coefficient (Wildman–Crippen LogP) is 3.67. The third-order valence-corrected chi connectivity index (χ3v) is 4.71. The fraction of sp³-hybridized carbons (Fsp3) is 0.200. The normalized spacial score (nSPS) is 16.4. The van der Waals surface area contributed by atoms with Gasteiger partial charge >= 0.3 is 6.03 Å². The Bertz CT molecular complexity index is 906. The van der Waals surface area contributed by atoms with Crippen molar-refractivity contribution < 1.29 is 9.59 Å². The number of hydrogen-bond donors (Lipinski definition) is 3. The number of nitrogens with zero attached hydrogens (tertiary/aromatic N) is 1. The molecule has 2 aromatic rings. The van der Waals surface area contributed by atoms with Crippen LogP contribution in [0.5, 0.6) is 0 Å². The van der Waals surface area contributed by atoms with E-state index in [-0.39, 0.29) is 11.9 Å². The second-order valence-corrected chi connectivity index (χ2v) is 6.90. The van der Waals surface area contributed by atoms with Gasteiger partial charge in [0.1, 0.15) is 0 Å². The van der Waals surface area contributed by atoms with Gasteiger partial charge in [0.25, 0.3) is 5.91 Å². The molecule has 3 rings (SSSR count). The Morgan fingerprint density at radius 3 is 2.41 bits per heavy atom. The van der Waals surface area contributed by atoms with Gasteiger partial charge in [0.05, 0.1) is 22.3 Å². The van der Waals surface area contributed by atoms with E-state index in [2.05, 4.69) is 16.0 Å². The molecule has 27 heavy (non-hydrogen) atoms. The largest absolute Gasteiger partial charge is 0.378 e. The van der Waals surface area contributed by atoms with E-state index in [0.29, 0.717) is 22.0 Å². The number of urea groups is 1. The molecule has 0 saturated heterocycles. The van der Waals surface area contributed by atoms with Gasteiger partial charge in [0.2, 0.25) is 0 Å². The van der Waals surface area contributed by atoms with Crippen LogP contribution in [0.3, 0.4) is 0 Å². The van der Waals surface area contributed by atoms with E-state index < -0.39 is 6.04 Å². The highest BCUT2D eigenvalue weighted by Crippen LogP contribution is 2.30. The van der Waals surface area contributed by atoms with Gasteiger partial charge in [-0.15, -0.1) is 0 Å². The molecule has 1 heterocycles. The zero-order valence-electron chi connectivity index (χ0n) is 15.3. The summed E-state index contributed by atoms with van der Waals surface area (Å²) in [5.41, 5.74) is 3.31. The van der Waals surface area contributed by atoms with Crippen molar-refractivity contribution in [2.24, 2.45) is 0 Å². The second kappa shape index (κ2) is 7.72. The molecule has 3 amide bonds. The molecule has 1 aliphatic heterocycles. The Hall–Kier alpha value is -2.99. The van der Waals surface area contributed by atoms with E-state index in [1.54, 1.807) is 31.2 Å². The van der Waals surface area contributed by atoms with Crippen LogP contribution in [0, 0.1) is 0 Å². The molecule has 2 aromatic carbocycles. The molecule has 0 saturated carbocycles. The molecule has 0 aromatic heterocycles. The minimum atomic E-state index is -0.558. The molecule has 0 aliphatic carbocycles. The Morgan fingerprint density at radius 1 is 1.11 bits per heavy atom. The molecule has 0 radical (unpaired) electrons. The summed E-state index contributed by atoms with van der Waals surface area (Å²) in [6.07, 6.45) is 0. The van der Waals surface area contributed by atoms with Crippen LogP contribution in [0.1, 0.15) is 18.5 Å². The van der Waals surface area contributed by atoms with Crippen molar-refractivity contribution in [3.05, 3.63) is 70.4 Å². The van der Waals surface area contributed by atoms with Gasteiger partial charge in [-0.05, 0) is 36.8 Å². The van der Waals surface area contributed by atoms with Crippen LogP contribution in [0.15, 0.2) is 59.8 Å². The fourth-order valence-corrected chi connectivity index (χ4v) is 3.14. The molecular formula is C20H21ClN4O2. The number of anilines is 2. The van der Waals surface area contributed by atoms with Crippen molar-refractivity contribution in [3.8, 4) is 0 Å². The molecule has 0 unspecified atom stereocenters. The van der Waals surface area contributed by atoms with Gasteiger partial charge in [-0.1, -0.05) is 35.9 Å². The zero-order chi connectivity index (χ0) is 19.6. The van der Waals surface area contributed by atoms with Gasteiger partial charge in [0.15, 0.2) is 0 Å². The molecule has 140 valence electrons. The SMILES string of the molecule is CC1=C(C(=O)Nc2ccccc2Cl)[C@H](c2ccc(N(C)C)cc2)NC(=O)N1. The van der Waals surface area contributed by atoms with Gasteiger partial charge in [0, 0.05) is 25.5 Å². The minimum Gasteiger partial charge on any atom is -0.378 e. The number of hydrogen-bond acceptors (Lipinski definition) is 3. The van der Waals surface area contributed by atoms with E-state index in [4.69, 9.17) is 11.6 Å². The predicted molar refractivity (Wildman–Crippen MR) is 108 cm³/mol. The summed E-state index contributed by atoms with van der Waals surface area (Å²) < 4.78 is 0. The number of carbonyl (C=O) groups is 2. The average molecular weight is 385 g/mol. The summed E-state index contributed by atoms with van der Waals surface area (Å²) in [5.74, 6) is -0.324. The van der Waals surface area contributed by atoms with Crippen LogP contribution < -0.4 is 20.9 Å². The second-order valence-electron chi connectivity index (χ2n) is 6.49. The highest BCUT2D eigenvalue weighted by Gasteiger charge is 2.31. The molecule has 1 atom stereocenters. The molecule has 0 fully saturated rings. The number of rotatable bonds is 4. The maximum absolute atomic E-state index is 13.0. The van der Waals surface area contributed by atoms with E-state index in [1.165, 1.54) is 0 Å². The highest BCUT2D eigenvalue weighted by molar-refractivity contribution is 6.33. The van der Waals surface area contributed by atoms with Gasteiger partial charge < -0.3 is 20.9 Å². The Morgan fingerprint density at radius 2 is 1.78 bits per heavy atom. The highest BCUT2D eigenvalue weighted by atomic mass is 35.5. The van der Waals surface area contributed by atoms with Crippen molar-refractivity contribution in [1.29, 1.82) is 0 Å². The Labute approximate surface area is 163 Å². The lowest BCUT2D eigenvalue weighted by Gasteiger charge is -2.29. The first kappa shape index (κ1) is 18.8. The number of para-hydroxylation sites is 1. The molecule has 0 spiro atoms. The number of nitrogens with one attached hydrogen (secondary N) is 3. The summed E-state index contributed by atoms with van der Waals surface area (Å²) in [5, 5.41) is 8.77. The molecular weight excluding hydrogens is 364 g/mol. The van der Waals surface area contributed by atoms with Crippen LogP contribution in [0.2, 0.25) is 5.02 Å². The molecule has 6 nitrogen and oxygen atoms in total. The minimum absolute atomic E-state index is 0.324. The maximum Gasteiger partial charge on any atom is 0.319 e. The maximum atomic E-state index is 13.0. The molecule has 7 heteroatoms. The zero-order valence-corrected chi connectivity index (χ0v) is 16.1. The number of amides is 3. The summed E-state index contributed by atoms with van der Waals surface area (Å²) >= 11 is 6.15. The number of benzene rings is 2. The van der Waals surface area contributed by atoms with Crippen LogP contribution in [-0.2, 0) is 4.79 Å². The lowest BCUT2D eigenvalue weighted by atomic mass is 9.94. The summed E-state index contributed by atoms with van der Waals surface area (Å²) in [4.78, 5) is 26.9. The van der Waals surface area contributed by atoms with E-state index >= 15 is 0 Å². The van der Waals surface area contributed by atoms with Crippen molar-refractivity contribution in [3.63, 3.8) is 0 Å². The van der Waals surface area contributed by atoms with E-state index in [9.17, 15) is 9.59 Å². The van der Waals surface area contributed by atoms with Crippen LogP contribution in [0.4, 0.5) is 16.2 Å². The standard InChI is InChI=1S/C20H21ClN4O2/c1-12-17(19(26)23-16-7-5-4-6-15(16)21)18(24-20(27)22-12)13-8-10-14(11-9-13)25(2)3/h4-11,18H,1-3H3,(H,23,26)(H2,22,24,27)/t18-/m0/s1. The first-order chi connectivity index (χ1) is 12.9. The lowest BCUT2D eigenvalue weighted by molar-refractivity contribution is -0.113. The van der Waals surface area contributed by atoms with Gasteiger partial charge in [-0.3, -0.25) is 4.79 Å². The molecule has 1 aliphatic rings. The van der Waals surface area contributed by atoms with Crippen LogP contribution >= 0.6 is 11.6 Å². The Balaban J connectivity index is 1.94. The van der Waals surface area contributed by atoms with E-state index in [0.717, 1.165) is 11.3 Å². The van der Waals surface area contributed by atoms with Crippen LogP contribution in [-0.4, -0.2) is 26.0 Å². The molecule has 3 N–H and O–H groups in total. The first-order valence-corrected chi connectivity index (χ1v) is 8.86. The van der Waals surface area contributed by atoms with Crippen molar-refractivity contribution in [2.45, 2.75) is 13.0 Å². The number of halogens is 1. The Kier molecular flexibility index (Phi) is 5.37. The van der Waals surface area contributed by atoms with Crippen molar-refractivity contribution in [2.75, 3.05) is 24.3 Å². The quantitative estimate of drug-likeness (QED) is 0.753. The van der Waals surface area contributed by atoms with E-state index in [1.807, 2.05) is 43.3 Å². The van der Waals surface area contributed by atoms with Crippen LogP contribution in [0.25, 0.3) is 0 Å². The third-order valence-electron chi connectivity index (χ3n) is 4.38. The van der Waals surface area contributed by atoms with Crippen molar-refractivity contribution in [1.82, 2.24) is 10.6 Å². The molecule has 0 bridgehead atoms. The van der Waals surface area contributed by atoms with Gasteiger partial charge in [-0.25, -0.2) is 4.79 Å². The topological polar surface area (TPSA) is 73.5 Å². The summed E-state index contributed by atoms with van der Waals surface area (Å²) in [6, 6.07) is 13.8. The van der Waals surface area contributed by atoms with Gasteiger partial charge in [-0.2, -0.15) is 0 Å². The summed E-state index contributed by atoms with van der Waals surface area (Å²) in [7, 11) is 3.90. The number of carbonyl (C=O) groups excluding carboxylic acids is 2. The smallest absolute Gasteiger partial charge is 0.319 e. The van der Waals surface area contributed by atoms with Crippen molar-refractivity contribution >= 4 is 34.9 Å². The first-order valence-electron chi connectivity index (χ1n) is 8.48. The lowest BCUT2D eigenvalue weighted by Crippen LogP contribution is -2.46. The number of allylic oxidation sites excluding steroid dienone is 1. The fourth-order valence-electron chi connectivity index (χ4n) is 2.96. The monoisotopic (exact) mass is 384 g/mol. The third kappa shape index (κ3) is 4.06. The summed E-state index contributed by atoms with van der Waals surface area (Å²) in [6.45, 7) is 1.71.